The molecule has 3 amide bonds. The predicted octanol–water partition coefficient (Wildman–Crippen LogP) is 3.25. The van der Waals surface area contributed by atoms with E-state index in [0.717, 1.165) is 16.3 Å². The van der Waals surface area contributed by atoms with Gasteiger partial charge in [-0.15, -0.1) is 0 Å². The van der Waals surface area contributed by atoms with Crippen molar-refractivity contribution >= 4 is 45.8 Å². The van der Waals surface area contributed by atoms with Crippen molar-refractivity contribution in [3.05, 3.63) is 114 Å². The van der Waals surface area contributed by atoms with Gasteiger partial charge in [-0.3, -0.25) is 35.1 Å². The summed E-state index contributed by atoms with van der Waals surface area (Å²) in [5, 5.41) is 4.90. The molecule has 1 unspecified atom stereocenters. The van der Waals surface area contributed by atoms with E-state index in [1.165, 1.54) is 4.90 Å². The summed E-state index contributed by atoms with van der Waals surface area (Å²) in [4.78, 5) is 44.1. The van der Waals surface area contributed by atoms with Crippen molar-refractivity contribution in [1.82, 2.24) is 26.1 Å². The molecule has 37 heavy (non-hydrogen) atoms. The molecule has 0 saturated heterocycles. The van der Waals surface area contributed by atoms with E-state index in [1.807, 2.05) is 60.7 Å². The summed E-state index contributed by atoms with van der Waals surface area (Å²) in [6.45, 7) is 0.0991. The Morgan fingerprint density at radius 3 is 2.22 bits per heavy atom. The standard InChI is InChI=1S/C28H23N5O3S/c34-25(24-21-11-5-4-10-19(21)14-15-29-24)31-32-28(37)30-20(16-18-8-2-1-3-9-18)17-33-26(35)22-12-6-7-13-23(22)27(33)36/h1-15,20H,16-17H2,(H,31,34)(H2,30,32,37). The molecule has 8 nitrogen and oxygen atoms in total. The minimum absolute atomic E-state index is 0.0991. The molecule has 0 aliphatic carbocycles. The van der Waals surface area contributed by atoms with Crippen LogP contribution in [0.3, 0.4) is 0 Å². The maximum Gasteiger partial charge on any atom is 0.288 e. The number of thiocarbonyl (C=S) groups is 1. The fourth-order valence-corrected chi connectivity index (χ4v) is 4.60. The third-order valence-corrected chi connectivity index (χ3v) is 6.34. The van der Waals surface area contributed by atoms with Gasteiger partial charge in [-0.05, 0) is 47.8 Å². The van der Waals surface area contributed by atoms with Crippen molar-refractivity contribution in [2.24, 2.45) is 0 Å². The molecule has 184 valence electrons. The van der Waals surface area contributed by atoms with E-state index >= 15 is 0 Å². The lowest BCUT2D eigenvalue weighted by Gasteiger charge is -2.25. The van der Waals surface area contributed by atoms with E-state index in [1.54, 1.807) is 30.5 Å². The summed E-state index contributed by atoms with van der Waals surface area (Å²) in [6, 6.07) is 25.3. The van der Waals surface area contributed by atoms with E-state index in [4.69, 9.17) is 12.2 Å². The van der Waals surface area contributed by atoms with Crippen LogP contribution in [0, 0.1) is 0 Å². The first-order valence-electron chi connectivity index (χ1n) is 11.7. The molecule has 1 aliphatic heterocycles. The molecule has 0 bridgehead atoms. The fourth-order valence-electron chi connectivity index (χ4n) is 4.38. The molecule has 3 N–H and O–H groups in total. The normalized spacial score (nSPS) is 13.2. The largest absolute Gasteiger partial charge is 0.356 e. The van der Waals surface area contributed by atoms with Crippen molar-refractivity contribution in [2.45, 2.75) is 12.5 Å². The van der Waals surface area contributed by atoms with Gasteiger partial charge in [0.1, 0.15) is 5.69 Å². The first-order chi connectivity index (χ1) is 18.0. The second-order valence-electron chi connectivity index (χ2n) is 8.59. The Balaban J connectivity index is 1.28. The van der Waals surface area contributed by atoms with E-state index in [0.29, 0.717) is 17.5 Å². The minimum atomic E-state index is -0.444. The second-order valence-corrected chi connectivity index (χ2v) is 8.99. The Morgan fingerprint density at radius 1 is 0.838 bits per heavy atom. The number of rotatable bonds is 6. The van der Waals surface area contributed by atoms with Crippen LogP contribution in [-0.2, 0) is 6.42 Å². The topological polar surface area (TPSA) is 103 Å². The maximum atomic E-state index is 12.9. The highest BCUT2D eigenvalue weighted by atomic mass is 32.1. The quantitative estimate of drug-likeness (QED) is 0.208. The van der Waals surface area contributed by atoms with Gasteiger partial charge in [-0.1, -0.05) is 66.7 Å². The number of nitrogens with zero attached hydrogens (tertiary/aromatic N) is 2. The van der Waals surface area contributed by atoms with Gasteiger partial charge in [0, 0.05) is 18.1 Å². The van der Waals surface area contributed by atoms with E-state index in [2.05, 4.69) is 21.2 Å². The van der Waals surface area contributed by atoms with Gasteiger partial charge in [0.2, 0.25) is 0 Å². The number of benzene rings is 3. The van der Waals surface area contributed by atoms with E-state index < -0.39 is 11.9 Å². The Labute approximate surface area is 218 Å². The zero-order valence-electron chi connectivity index (χ0n) is 19.7. The predicted molar refractivity (Wildman–Crippen MR) is 144 cm³/mol. The maximum absolute atomic E-state index is 12.9. The van der Waals surface area contributed by atoms with Gasteiger partial charge in [0.15, 0.2) is 5.11 Å². The van der Waals surface area contributed by atoms with Crippen LogP contribution in [0.5, 0.6) is 0 Å². The molecule has 0 radical (unpaired) electrons. The van der Waals surface area contributed by atoms with Gasteiger partial charge in [0.25, 0.3) is 17.7 Å². The number of nitrogens with one attached hydrogen (secondary N) is 3. The highest BCUT2D eigenvalue weighted by Gasteiger charge is 2.36. The smallest absolute Gasteiger partial charge is 0.288 e. The molecular weight excluding hydrogens is 486 g/mol. The highest BCUT2D eigenvalue weighted by molar-refractivity contribution is 7.80. The van der Waals surface area contributed by atoms with Gasteiger partial charge in [-0.2, -0.15) is 0 Å². The number of carbonyl (C=O) groups is 3. The molecule has 2 heterocycles. The molecule has 1 aromatic heterocycles. The molecule has 1 aliphatic rings. The van der Waals surface area contributed by atoms with Crippen molar-refractivity contribution in [3.63, 3.8) is 0 Å². The molecule has 5 rings (SSSR count). The van der Waals surface area contributed by atoms with Crippen LogP contribution in [0.1, 0.15) is 36.8 Å². The SMILES string of the molecule is O=C(NNC(=S)NC(Cc1ccccc1)CN1C(=O)c2ccccc2C1=O)c1nccc2ccccc12. The molecular formula is C28H23N5O3S. The van der Waals surface area contributed by atoms with Crippen LogP contribution < -0.4 is 16.2 Å². The fraction of sp³-hybridized carbons (Fsp3) is 0.107. The Kier molecular flexibility index (Phi) is 6.87. The van der Waals surface area contributed by atoms with Crippen LogP contribution in [0.4, 0.5) is 0 Å². The van der Waals surface area contributed by atoms with Crippen molar-refractivity contribution in [2.75, 3.05) is 6.54 Å². The molecule has 0 spiro atoms. The average Bonchev–Trinajstić information content (AvgIpc) is 3.17. The monoisotopic (exact) mass is 509 g/mol. The van der Waals surface area contributed by atoms with Crippen LogP contribution in [-0.4, -0.2) is 45.3 Å². The number of fused-ring (bicyclic) bond motifs is 2. The van der Waals surface area contributed by atoms with Crippen LogP contribution in [0.2, 0.25) is 0 Å². The van der Waals surface area contributed by atoms with Gasteiger partial charge < -0.3 is 5.32 Å². The third kappa shape index (κ3) is 5.17. The zero-order valence-corrected chi connectivity index (χ0v) is 20.5. The summed E-state index contributed by atoms with van der Waals surface area (Å²) in [7, 11) is 0. The van der Waals surface area contributed by atoms with Gasteiger partial charge in [-0.25, -0.2) is 0 Å². The molecule has 3 aromatic carbocycles. The van der Waals surface area contributed by atoms with Crippen LogP contribution in [0.25, 0.3) is 10.8 Å². The summed E-state index contributed by atoms with van der Waals surface area (Å²) < 4.78 is 0. The number of hydrazine groups is 1. The number of imide groups is 1. The summed E-state index contributed by atoms with van der Waals surface area (Å²) in [5.74, 6) is -1.12. The van der Waals surface area contributed by atoms with E-state index in [9.17, 15) is 14.4 Å². The summed E-state index contributed by atoms with van der Waals surface area (Å²) >= 11 is 5.43. The first kappa shape index (κ1) is 24.1. The van der Waals surface area contributed by atoms with Crippen LogP contribution >= 0.6 is 12.2 Å². The second kappa shape index (κ2) is 10.5. The van der Waals surface area contributed by atoms with Crippen molar-refractivity contribution in [3.8, 4) is 0 Å². The molecule has 9 heteroatoms. The van der Waals surface area contributed by atoms with Gasteiger partial charge in [0.05, 0.1) is 17.2 Å². The Bertz CT molecular complexity index is 1470. The molecule has 0 fully saturated rings. The lowest BCUT2D eigenvalue weighted by Crippen LogP contribution is -2.53. The third-order valence-electron chi connectivity index (χ3n) is 6.12. The lowest BCUT2D eigenvalue weighted by molar-refractivity contribution is 0.0641. The number of carbonyl (C=O) groups excluding carboxylic acids is 3. The van der Waals surface area contributed by atoms with E-state index in [-0.39, 0.29) is 29.2 Å². The number of aromatic nitrogens is 1. The summed E-state index contributed by atoms with van der Waals surface area (Å²) in [5.41, 5.74) is 7.35. The molecule has 4 aromatic rings. The number of amides is 3. The van der Waals surface area contributed by atoms with Crippen LogP contribution in [0.15, 0.2) is 91.1 Å². The number of hydrogen-bond donors (Lipinski definition) is 3. The van der Waals surface area contributed by atoms with Crippen molar-refractivity contribution in [1.29, 1.82) is 0 Å². The van der Waals surface area contributed by atoms with Gasteiger partial charge >= 0.3 is 0 Å². The lowest BCUT2D eigenvalue weighted by atomic mass is 10.1. The molecule has 0 saturated carbocycles. The Hall–Kier alpha value is -4.63. The number of pyridine rings is 1. The zero-order chi connectivity index (χ0) is 25.8. The minimum Gasteiger partial charge on any atom is -0.356 e. The average molecular weight is 510 g/mol. The summed E-state index contributed by atoms with van der Waals surface area (Å²) in [6.07, 6.45) is 2.07. The Morgan fingerprint density at radius 2 is 1.49 bits per heavy atom. The highest BCUT2D eigenvalue weighted by Crippen LogP contribution is 2.23. The number of hydrogen-bond acceptors (Lipinski definition) is 5. The molecule has 1 atom stereocenters. The van der Waals surface area contributed by atoms with Crippen molar-refractivity contribution < 1.29 is 14.4 Å². The first-order valence-corrected chi connectivity index (χ1v) is 12.1.